The van der Waals surface area contributed by atoms with Crippen molar-refractivity contribution in [3.8, 4) is 0 Å². The number of alkyl halides is 3. The van der Waals surface area contributed by atoms with Crippen LogP contribution in [-0.4, -0.2) is 15.9 Å². The monoisotopic (exact) mass is 374 g/mol. The Balaban J connectivity index is 2.18. The Bertz CT molecular complexity index is 686. The predicted octanol–water partition coefficient (Wildman–Crippen LogP) is 4.67. The number of carbonyl (C=O) groups is 1. The summed E-state index contributed by atoms with van der Waals surface area (Å²) in [5, 5.41) is 5.60. The van der Waals surface area contributed by atoms with Gasteiger partial charge in [-0.1, -0.05) is 53.0 Å². The van der Waals surface area contributed by atoms with Crippen LogP contribution in [-0.2, 0) is 0 Å². The number of benzene rings is 2. The molecule has 0 aromatic heterocycles. The summed E-state index contributed by atoms with van der Waals surface area (Å²) in [4.78, 5) is 12.2. The number of anilines is 1. The normalized spacial score (nSPS) is 12.6. The van der Waals surface area contributed by atoms with E-state index in [0.29, 0.717) is 0 Å². The van der Waals surface area contributed by atoms with Gasteiger partial charge in [0.25, 0.3) is 5.91 Å². The van der Waals surface area contributed by atoms with E-state index in [2.05, 4.69) is 10.6 Å². The van der Waals surface area contributed by atoms with Crippen LogP contribution in [0.3, 0.4) is 0 Å². The second-order valence-electron chi connectivity index (χ2n) is 4.91. The van der Waals surface area contributed by atoms with Gasteiger partial charge in [-0.2, -0.15) is 0 Å². The molecule has 2 aromatic carbocycles. The zero-order valence-corrected chi connectivity index (χ0v) is 14.4. The molecular formula is C16H14Cl3FN2O. The first-order valence-corrected chi connectivity index (χ1v) is 7.86. The maximum Gasteiger partial charge on any atom is 0.252 e. The minimum Gasteiger partial charge on any atom is -0.362 e. The van der Waals surface area contributed by atoms with E-state index in [4.69, 9.17) is 34.8 Å². The topological polar surface area (TPSA) is 41.1 Å². The molecule has 23 heavy (non-hydrogen) atoms. The molecule has 2 rings (SSSR count). The summed E-state index contributed by atoms with van der Waals surface area (Å²) in [6.07, 6.45) is -0.967. The van der Waals surface area contributed by atoms with Gasteiger partial charge < -0.3 is 10.6 Å². The minimum atomic E-state index is -1.78. The van der Waals surface area contributed by atoms with Gasteiger partial charge >= 0.3 is 0 Å². The van der Waals surface area contributed by atoms with E-state index < -0.39 is 21.7 Å². The van der Waals surface area contributed by atoms with Gasteiger partial charge in [-0.3, -0.25) is 4.79 Å². The van der Waals surface area contributed by atoms with Crippen LogP contribution in [0.5, 0.6) is 0 Å². The molecule has 2 aromatic rings. The van der Waals surface area contributed by atoms with E-state index in [0.717, 1.165) is 11.3 Å². The lowest BCUT2D eigenvalue weighted by atomic mass is 10.2. The van der Waals surface area contributed by atoms with Crippen LogP contribution < -0.4 is 10.6 Å². The first-order chi connectivity index (χ1) is 10.8. The van der Waals surface area contributed by atoms with Gasteiger partial charge in [-0.25, -0.2) is 4.39 Å². The van der Waals surface area contributed by atoms with Gasteiger partial charge in [-0.15, -0.1) is 0 Å². The minimum absolute atomic E-state index is 0.261. The molecule has 0 fully saturated rings. The standard InChI is InChI=1S/C16H14Cl3FN2O/c1-10-4-2-3-5-13(10)21-15(16(17,18)19)22-14(23)11-6-8-12(20)9-7-11/h2-9,15,21H,1H3,(H,22,23)/t15-/m1/s1. The van der Waals surface area contributed by atoms with Crippen molar-refractivity contribution in [2.24, 2.45) is 0 Å². The molecule has 2 N–H and O–H groups in total. The van der Waals surface area contributed by atoms with E-state index >= 15 is 0 Å². The van der Waals surface area contributed by atoms with E-state index in [1.165, 1.54) is 24.3 Å². The van der Waals surface area contributed by atoms with E-state index in [1.807, 2.05) is 31.2 Å². The van der Waals surface area contributed by atoms with Gasteiger partial charge in [0, 0.05) is 11.3 Å². The fourth-order valence-corrected chi connectivity index (χ4v) is 2.23. The van der Waals surface area contributed by atoms with Crippen LogP contribution in [0.4, 0.5) is 10.1 Å². The summed E-state index contributed by atoms with van der Waals surface area (Å²) in [6, 6.07) is 12.5. The first kappa shape index (κ1) is 17.9. The van der Waals surface area contributed by atoms with Crippen molar-refractivity contribution in [3.05, 3.63) is 65.5 Å². The molecule has 0 unspecified atom stereocenters. The van der Waals surface area contributed by atoms with Gasteiger partial charge in [0.05, 0.1) is 0 Å². The number of rotatable bonds is 4. The highest BCUT2D eigenvalue weighted by Crippen LogP contribution is 2.31. The molecule has 0 radical (unpaired) electrons. The average Bonchev–Trinajstić information content (AvgIpc) is 2.48. The molecule has 7 heteroatoms. The quantitative estimate of drug-likeness (QED) is 0.602. The third kappa shape index (κ3) is 4.99. The third-order valence-corrected chi connectivity index (χ3v) is 3.81. The lowest BCUT2D eigenvalue weighted by Crippen LogP contribution is -2.49. The maximum atomic E-state index is 12.9. The Kier molecular flexibility index (Phi) is 5.74. The van der Waals surface area contributed by atoms with Crippen LogP contribution in [0.25, 0.3) is 0 Å². The van der Waals surface area contributed by atoms with Crippen LogP contribution >= 0.6 is 34.8 Å². The average molecular weight is 376 g/mol. The Morgan fingerprint density at radius 1 is 1.09 bits per heavy atom. The van der Waals surface area contributed by atoms with Gasteiger partial charge in [0.15, 0.2) is 0 Å². The van der Waals surface area contributed by atoms with Crippen molar-refractivity contribution in [3.63, 3.8) is 0 Å². The zero-order valence-electron chi connectivity index (χ0n) is 12.1. The lowest BCUT2D eigenvalue weighted by molar-refractivity contribution is 0.0942. The molecule has 0 spiro atoms. The Labute approximate surface area is 148 Å². The molecule has 0 saturated heterocycles. The first-order valence-electron chi connectivity index (χ1n) is 6.72. The fourth-order valence-electron chi connectivity index (χ4n) is 1.91. The van der Waals surface area contributed by atoms with Gasteiger partial charge in [0.2, 0.25) is 3.79 Å². The Morgan fingerprint density at radius 2 is 1.70 bits per heavy atom. The Hall–Kier alpha value is -1.49. The molecule has 1 atom stereocenters. The summed E-state index contributed by atoms with van der Waals surface area (Å²) in [5.74, 6) is -0.917. The SMILES string of the molecule is Cc1ccccc1N[C@H](NC(=O)c1ccc(F)cc1)C(Cl)(Cl)Cl. The molecule has 1 amide bonds. The van der Waals surface area contributed by atoms with Crippen LogP contribution in [0.15, 0.2) is 48.5 Å². The number of amides is 1. The second-order valence-corrected chi connectivity index (χ2v) is 7.28. The molecular weight excluding hydrogens is 362 g/mol. The van der Waals surface area contributed by atoms with Crippen molar-refractivity contribution in [2.75, 3.05) is 5.32 Å². The fraction of sp³-hybridized carbons (Fsp3) is 0.188. The largest absolute Gasteiger partial charge is 0.362 e. The molecule has 122 valence electrons. The number of para-hydroxylation sites is 1. The summed E-state index contributed by atoms with van der Waals surface area (Å²) in [7, 11) is 0. The zero-order chi connectivity index (χ0) is 17.0. The van der Waals surface area contributed by atoms with E-state index in [-0.39, 0.29) is 5.56 Å². The molecule has 0 saturated carbocycles. The number of aryl methyl sites for hydroxylation is 1. The maximum absolute atomic E-state index is 12.9. The van der Waals surface area contributed by atoms with E-state index in [9.17, 15) is 9.18 Å². The number of hydrogen-bond acceptors (Lipinski definition) is 2. The van der Waals surface area contributed by atoms with Crippen LogP contribution in [0.2, 0.25) is 0 Å². The van der Waals surface area contributed by atoms with Crippen molar-refractivity contribution in [1.82, 2.24) is 5.32 Å². The highest BCUT2D eigenvalue weighted by Gasteiger charge is 2.34. The third-order valence-electron chi connectivity index (χ3n) is 3.15. The van der Waals surface area contributed by atoms with E-state index in [1.54, 1.807) is 0 Å². The molecule has 0 heterocycles. The second kappa shape index (κ2) is 7.39. The highest BCUT2D eigenvalue weighted by atomic mass is 35.6. The van der Waals surface area contributed by atoms with Crippen molar-refractivity contribution >= 4 is 46.4 Å². The number of hydrogen-bond donors (Lipinski definition) is 2. The number of carbonyl (C=O) groups excluding carboxylic acids is 1. The molecule has 0 aliphatic heterocycles. The Morgan fingerprint density at radius 3 is 2.26 bits per heavy atom. The van der Waals surface area contributed by atoms with Crippen molar-refractivity contribution in [1.29, 1.82) is 0 Å². The molecule has 0 aliphatic carbocycles. The van der Waals surface area contributed by atoms with Crippen molar-refractivity contribution in [2.45, 2.75) is 16.9 Å². The van der Waals surface area contributed by atoms with Crippen LogP contribution in [0, 0.1) is 12.7 Å². The van der Waals surface area contributed by atoms with Crippen LogP contribution in [0.1, 0.15) is 15.9 Å². The molecule has 0 aliphatic rings. The number of halogens is 4. The van der Waals surface area contributed by atoms with Gasteiger partial charge in [0.1, 0.15) is 12.0 Å². The smallest absolute Gasteiger partial charge is 0.252 e. The highest BCUT2D eigenvalue weighted by molar-refractivity contribution is 6.68. The molecule has 0 bridgehead atoms. The van der Waals surface area contributed by atoms with Gasteiger partial charge in [-0.05, 0) is 42.8 Å². The predicted molar refractivity (Wildman–Crippen MR) is 92.7 cm³/mol. The van der Waals surface area contributed by atoms with Crippen molar-refractivity contribution < 1.29 is 9.18 Å². The lowest BCUT2D eigenvalue weighted by Gasteiger charge is -2.28. The molecule has 3 nitrogen and oxygen atoms in total. The summed E-state index contributed by atoms with van der Waals surface area (Å²) in [6.45, 7) is 1.89. The summed E-state index contributed by atoms with van der Waals surface area (Å²) >= 11 is 17.9. The summed E-state index contributed by atoms with van der Waals surface area (Å²) < 4.78 is 11.1. The summed E-state index contributed by atoms with van der Waals surface area (Å²) in [5.41, 5.74) is 1.92. The number of nitrogens with one attached hydrogen (secondary N) is 2.